The summed E-state index contributed by atoms with van der Waals surface area (Å²) in [4.78, 5) is 23.9. The van der Waals surface area contributed by atoms with Gasteiger partial charge in [-0.15, -0.1) is 6.58 Å². The van der Waals surface area contributed by atoms with E-state index in [9.17, 15) is 13.2 Å². The molecule has 1 saturated carbocycles. The monoisotopic (exact) mass is 548 g/mol. The van der Waals surface area contributed by atoms with Crippen molar-refractivity contribution in [2.75, 3.05) is 30.0 Å². The Morgan fingerprint density at radius 1 is 1.13 bits per heavy atom. The van der Waals surface area contributed by atoms with Crippen LogP contribution < -0.4 is 15.0 Å². The minimum atomic E-state index is -3.44. The Bertz CT molecular complexity index is 1450. The first-order chi connectivity index (χ1) is 18.7. The lowest BCUT2D eigenvalue weighted by atomic mass is 10.1. The van der Waals surface area contributed by atoms with Gasteiger partial charge in [0.25, 0.3) is 0 Å². The number of carbonyl (C=O) groups excluding carboxylic acids is 1. The summed E-state index contributed by atoms with van der Waals surface area (Å²) < 4.78 is 36.5. The molecule has 3 aromatic rings. The molecular formula is C29H32N4O5S. The molecule has 0 spiro atoms. The summed E-state index contributed by atoms with van der Waals surface area (Å²) in [7, 11) is -3.44. The number of carbonyl (C=O) groups is 1. The molecule has 0 radical (unpaired) electrons. The highest BCUT2D eigenvalue weighted by molar-refractivity contribution is 7.93. The van der Waals surface area contributed by atoms with Crippen molar-refractivity contribution in [3.8, 4) is 17.1 Å². The van der Waals surface area contributed by atoms with Gasteiger partial charge in [0.15, 0.2) is 15.7 Å². The lowest BCUT2D eigenvalue weighted by molar-refractivity contribution is 0.105. The molecule has 1 aromatic heterocycles. The molecule has 1 saturated heterocycles. The van der Waals surface area contributed by atoms with Crippen LogP contribution in [0.1, 0.15) is 32.4 Å². The minimum absolute atomic E-state index is 0.0975. The molecule has 2 fully saturated rings. The maximum absolute atomic E-state index is 13.4. The number of amides is 1. The summed E-state index contributed by atoms with van der Waals surface area (Å²) in [5, 5.41) is 2.37. The van der Waals surface area contributed by atoms with Crippen molar-refractivity contribution in [2.24, 2.45) is 0 Å². The first-order valence-electron chi connectivity index (χ1n) is 12.9. The highest BCUT2D eigenvalue weighted by atomic mass is 32.2. The van der Waals surface area contributed by atoms with Crippen LogP contribution in [0.15, 0.2) is 73.3 Å². The molecular weight excluding hydrogens is 516 g/mol. The third-order valence-corrected chi connectivity index (χ3v) is 10.1. The van der Waals surface area contributed by atoms with Crippen molar-refractivity contribution >= 4 is 27.4 Å². The molecule has 9 nitrogen and oxygen atoms in total. The van der Waals surface area contributed by atoms with Gasteiger partial charge in [0.2, 0.25) is 0 Å². The molecule has 1 N–H and O–H groups in total. The van der Waals surface area contributed by atoms with Gasteiger partial charge in [-0.3, -0.25) is 5.32 Å². The molecule has 2 heterocycles. The zero-order valence-electron chi connectivity index (χ0n) is 22.0. The summed E-state index contributed by atoms with van der Waals surface area (Å²) in [6.07, 6.45) is 2.56. The van der Waals surface area contributed by atoms with Gasteiger partial charge in [-0.1, -0.05) is 24.3 Å². The van der Waals surface area contributed by atoms with Crippen molar-refractivity contribution in [1.82, 2.24) is 9.97 Å². The fraction of sp³-hybridized carbons (Fsp3) is 0.345. The number of para-hydroxylation sites is 1. The summed E-state index contributed by atoms with van der Waals surface area (Å²) in [6, 6.07) is 17.5. The maximum atomic E-state index is 13.4. The molecule has 1 amide bonds. The molecule has 0 unspecified atom stereocenters. The summed E-state index contributed by atoms with van der Waals surface area (Å²) in [5.41, 5.74) is 1.66. The fourth-order valence-electron chi connectivity index (χ4n) is 4.50. The van der Waals surface area contributed by atoms with Crippen LogP contribution in [0, 0.1) is 0 Å². The second-order valence-electron chi connectivity index (χ2n) is 10.2. The van der Waals surface area contributed by atoms with Crippen molar-refractivity contribution in [3.63, 3.8) is 0 Å². The molecule has 0 bridgehead atoms. The van der Waals surface area contributed by atoms with Crippen molar-refractivity contribution < 1.29 is 22.7 Å². The Hall–Kier alpha value is -3.76. The molecule has 2 aliphatic rings. The van der Waals surface area contributed by atoms with Crippen molar-refractivity contribution in [1.29, 1.82) is 0 Å². The number of anilines is 2. The number of morpholine rings is 1. The average molecular weight is 549 g/mol. The summed E-state index contributed by atoms with van der Waals surface area (Å²) in [5.74, 6) is 1.46. The minimum Gasteiger partial charge on any atom is -0.410 e. The van der Waals surface area contributed by atoms with Crippen LogP contribution in [-0.4, -0.2) is 55.5 Å². The zero-order chi connectivity index (χ0) is 27.6. The van der Waals surface area contributed by atoms with E-state index in [0.29, 0.717) is 66.9 Å². The second kappa shape index (κ2) is 10.8. The Morgan fingerprint density at radius 2 is 1.85 bits per heavy atom. The Labute approximate surface area is 228 Å². The first-order valence-corrected chi connectivity index (χ1v) is 14.5. The van der Waals surface area contributed by atoms with Gasteiger partial charge in [0, 0.05) is 23.9 Å². The fourth-order valence-corrected chi connectivity index (χ4v) is 6.49. The molecule has 1 aliphatic heterocycles. The van der Waals surface area contributed by atoms with Gasteiger partial charge in [-0.2, -0.15) is 0 Å². The van der Waals surface area contributed by atoms with Crippen LogP contribution in [0.25, 0.3) is 11.4 Å². The maximum Gasteiger partial charge on any atom is 0.417 e. The number of nitrogens with zero attached hydrogens (tertiary/aromatic N) is 3. The normalized spacial score (nSPS) is 17.9. The van der Waals surface area contributed by atoms with Gasteiger partial charge in [-0.05, 0) is 63.1 Å². The van der Waals surface area contributed by atoms with Crippen LogP contribution in [0.4, 0.5) is 16.3 Å². The van der Waals surface area contributed by atoms with Crippen molar-refractivity contribution in [3.05, 3.63) is 79.0 Å². The van der Waals surface area contributed by atoms with Crippen LogP contribution in [0.3, 0.4) is 0 Å². The molecule has 1 atom stereocenters. The van der Waals surface area contributed by atoms with E-state index >= 15 is 0 Å². The number of hydrogen-bond acceptors (Lipinski definition) is 8. The lowest BCUT2D eigenvalue weighted by Crippen LogP contribution is -2.45. The number of sulfone groups is 1. The van der Waals surface area contributed by atoms with Crippen LogP contribution in [0.5, 0.6) is 5.75 Å². The van der Waals surface area contributed by atoms with Gasteiger partial charge in [-0.25, -0.2) is 23.2 Å². The number of nitrogens with one attached hydrogen (secondary N) is 1. The highest BCUT2D eigenvalue weighted by Gasteiger charge is 2.48. The number of ether oxygens (including phenoxy) is 2. The molecule has 2 aromatic carbocycles. The largest absolute Gasteiger partial charge is 0.417 e. The van der Waals surface area contributed by atoms with E-state index in [-0.39, 0.29) is 11.3 Å². The molecule has 10 heteroatoms. The average Bonchev–Trinajstić information content (AvgIpc) is 3.80. The predicted octanol–water partition coefficient (Wildman–Crippen LogP) is 4.96. The molecule has 5 rings (SSSR count). The van der Waals surface area contributed by atoms with E-state index in [4.69, 9.17) is 19.4 Å². The van der Waals surface area contributed by atoms with E-state index < -0.39 is 20.7 Å². The predicted molar refractivity (Wildman–Crippen MR) is 151 cm³/mol. The number of aromatic nitrogens is 2. The Morgan fingerprint density at radius 3 is 2.51 bits per heavy atom. The number of rotatable bonds is 8. The van der Waals surface area contributed by atoms with E-state index in [2.05, 4.69) is 16.8 Å². The SMILES string of the molecule is C=C[C@H]1COCCN1c1cc(C(C)(C)S(=O)(=O)C2CC2)nc(-c2ccc(NC(=O)Oc3ccccc3)cc2)n1. The molecule has 204 valence electrons. The third-order valence-electron chi connectivity index (χ3n) is 7.08. The lowest BCUT2D eigenvalue weighted by Gasteiger charge is -2.35. The zero-order valence-corrected chi connectivity index (χ0v) is 22.9. The van der Waals surface area contributed by atoms with Gasteiger partial charge >= 0.3 is 6.09 Å². The van der Waals surface area contributed by atoms with E-state index in [1.54, 1.807) is 68.4 Å². The molecule has 39 heavy (non-hydrogen) atoms. The quantitative estimate of drug-likeness (QED) is 0.394. The second-order valence-corrected chi connectivity index (χ2v) is 12.9. The van der Waals surface area contributed by atoms with Gasteiger partial charge in [0.05, 0.1) is 30.2 Å². The van der Waals surface area contributed by atoms with Crippen LogP contribution in [-0.2, 0) is 19.3 Å². The Kier molecular flexibility index (Phi) is 7.42. The van der Waals surface area contributed by atoms with E-state index in [1.165, 1.54) is 0 Å². The summed E-state index contributed by atoms with van der Waals surface area (Å²) in [6.45, 7) is 8.96. The third kappa shape index (κ3) is 5.67. The van der Waals surface area contributed by atoms with Crippen molar-refractivity contribution in [2.45, 2.75) is 42.7 Å². The molecule has 1 aliphatic carbocycles. The van der Waals surface area contributed by atoms with Crippen LogP contribution >= 0.6 is 0 Å². The van der Waals surface area contributed by atoms with E-state index in [1.807, 2.05) is 12.1 Å². The van der Waals surface area contributed by atoms with Gasteiger partial charge in [0.1, 0.15) is 16.3 Å². The number of benzene rings is 2. The highest BCUT2D eigenvalue weighted by Crippen LogP contribution is 2.42. The van der Waals surface area contributed by atoms with Gasteiger partial charge < -0.3 is 14.4 Å². The first kappa shape index (κ1) is 26.8. The smallest absolute Gasteiger partial charge is 0.410 e. The van der Waals surface area contributed by atoms with Crippen LogP contribution in [0.2, 0.25) is 0 Å². The Balaban J connectivity index is 1.46. The standard InChI is InChI=1S/C29H32N4O5S/c1-4-22-19-37-17-16-33(22)26-18-25(29(2,3)39(35,36)24-14-15-24)31-27(32-26)20-10-12-21(13-11-20)30-28(34)38-23-8-6-5-7-9-23/h4-13,18,22,24H,1,14-17,19H2,2-3H3,(H,30,34)/t22-/m0/s1. The van der Waals surface area contributed by atoms with E-state index in [0.717, 1.165) is 0 Å². The number of hydrogen-bond donors (Lipinski definition) is 1. The topological polar surface area (TPSA) is 111 Å². The summed E-state index contributed by atoms with van der Waals surface area (Å²) >= 11 is 0.